The number of amides is 2. The number of nitrogens with zero attached hydrogens (tertiary/aromatic N) is 1. The van der Waals surface area contributed by atoms with E-state index in [9.17, 15) is 4.79 Å². The standard InChI is InChI=1S/C9H19N3O/c1-7(12(2)9(10)13)8-4-3-5-11-6-8/h7-8,11H,3-6H2,1-2H3,(H2,10,13). The maximum atomic E-state index is 10.9. The van der Waals surface area contributed by atoms with Gasteiger partial charge in [-0.3, -0.25) is 0 Å². The van der Waals surface area contributed by atoms with Gasteiger partial charge in [-0.25, -0.2) is 4.79 Å². The molecule has 0 aromatic heterocycles. The number of carbonyl (C=O) groups excluding carboxylic acids is 1. The van der Waals surface area contributed by atoms with Crippen LogP contribution in [0.5, 0.6) is 0 Å². The van der Waals surface area contributed by atoms with Crippen molar-refractivity contribution in [1.82, 2.24) is 10.2 Å². The maximum absolute atomic E-state index is 10.9. The molecule has 2 atom stereocenters. The molecule has 1 rings (SSSR count). The third-order valence-corrected chi connectivity index (χ3v) is 2.98. The van der Waals surface area contributed by atoms with Gasteiger partial charge in [0.25, 0.3) is 0 Å². The molecule has 1 aliphatic heterocycles. The van der Waals surface area contributed by atoms with Gasteiger partial charge in [-0.2, -0.15) is 0 Å². The summed E-state index contributed by atoms with van der Waals surface area (Å²) in [5.74, 6) is 0.547. The van der Waals surface area contributed by atoms with Crippen LogP contribution in [-0.2, 0) is 0 Å². The number of nitrogens with two attached hydrogens (primary N) is 1. The molecule has 1 aliphatic rings. The van der Waals surface area contributed by atoms with Crippen molar-refractivity contribution in [3.63, 3.8) is 0 Å². The summed E-state index contributed by atoms with van der Waals surface area (Å²) in [6.45, 7) is 4.16. The molecular formula is C9H19N3O. The molecule has 4 nitrogen and oxygen atoms in total. The van der Waals surface area contributed by atoms with Crippen molar-refractivity contribution in [2.75, 3.05) is 20.1 Å². The van der Waals surface area contributed by atoms with Crippen molar-refractivity contribution in [2.45, 2.75) is 25.8 Å². The third kappa shape index (κ3) is 2.59. The quantitative estimate of drug-likeness (QED) is 0.653. The van der Waals surface area contributed by atoms with Crippen molar-refractivity contribution in [1.29, 1.82) is 0 Å². The summed E-state index contributed by atoms with van der Waals surface area (Å²) in [5, 5.41) is 3.33. The van der Waals surface area contributed by atoms with Crippen LogP contribution in [0.1, 0.15) is 19.8 Å². The van der Waals surface area contributed by atoms with Gasteiger partial charge < -0.3 is 16.0 Å². The Balaban J connectivity index is 2.44. The number of nitrogens with one attached hydrogen (secondary N) is 1. The maximum Gasteiger partial charge on any atom is 0.314 e. The fraction of sp³-hybridized carbons (Fsp3) is 0.889. The van der Waals surface area contributed by atoms with E-state index in [1.54, 1.807) is 11.9 Å². The van der Waals surface area contributed by atoms with E-state index < -0.39 is 0 Å². The monoisotopic (exact) mass is 185 g/mol. The third-order valence-electron chi connectivity index (χ3n) is 2.98. The molecule has 1 fully saturated rings. The summed E-state index contributed by atoms with van der Waals surface area (Å²) >= 11 is 0. The SMILES string of the molecule is CC(C1CCCNC1)N(C)C(N)=O. The zero-order valence-electron chi connectivity index (χ0n) is 8.42. The Morgan fingerprint density at radius 3 is 2.85 bits per heavy atom. The van der Waals surface area contributed by atoms with Crippen LogP contribution < -0.4 is 11.1 Å². The summed E-state index contributed by atoms with van der Waals surface area (Å²) in [4.78, 5) is 12.5. The summed E-state index contributed by atoms with van der Waals surface area (Å²) in [6.07, 6.45) is 2.38. The first kappa shape index (κ1) is 10.3. The lowest BCUT2D eigenvalue weighted by Gasteiger charge is -2.33. The predicted molar refractivity (Wildman–Crippen MR) is 52.4 cm³/mol. The molecule has 1 heterocycles. The molecule has 0 aliphatic carbocycles. The Kier molecular flexibility index (Phi) is 3.54. The molecule has 1 saturated heterocycles. The van der Waals surface area contributed by atoms with Crippen LogP contribution in [0.15, 0.2) is 0 Å². The molecule has 0 aromatic carbocycles. The van der Waals surface area contributed by atoms with Crippen molar-refractivity contribution in [3.8, 4) is 0 Å². The van der Waals surface area contributed by atoms with Crippen LogP contribution in [-0.4, -0.2) is 37.1 Å². The van der Waals surface area contributed by atoms with Crippen molar-refractivity contribution in [2.24, 2.45) is 11.7 Å². The predicted octanol–water partition coefficient (Wildman–Crippen LogP) is 0.385. The van der Waals surface area contributed by atoms with E-state index in [4.69, 9.17) is 5.73 Å². The van der Waals surface area contributed by atoms with Gasteiger partial charge in [-0.15, -0.1) is 0 Å². The number of hydrogen-bond acceptors (Lipinski definition) is 2. The Morgan fingerprint density at radius 1 is 1.69 bits per heavy atom. The van der Waals surface area contributed by atoms with E-state index in [0.29, 0.717) is 5.92 Å². The van der Waals surface area contributed by atoms with E-state index in [-0.39, 0.29) is 12.1 Å². The minimum absolute atomic E-state index is 0.241. The Labute approximate surface area is 79.5 Å². The highest BCUT2D eigenvalue weighted by Gasteiger charge is 2.24. The molecule has 13 heavy (non-hydrogen) atoms. The average Bonchev–Trinajstić information content (AvgIpc) is 2.17. The summed E-state index contributed by atoms with van der Waals surface area (Å²) in [6, 6.07) is -0.0941. The first-order valence-electron chi connectivity index (χ1n) is 4.86. The summed E-state index contributed by atoms with van der Waals surface area (Å²) in [7, 11) is 1.77. The highest BCUT2D eigenvalue weighted by Crippen LogP contribution is 2.17. The molecule has 0 saturated carbocycles. The zero-order valence-corrected chi connectivity index (χ0v) is 8.42. The van der Waals surface area contributed by atoms with Crippen LogP contribution in [0.25, 0.3) is 0 Å². The second-order valence-electron chi connectivity index (χ2n) is 3.80. The molecule has 2 amide bonds. The molecule has 0 radical (unpaired) electrons. The Hall–Kier alpha value is -0.770. The van der Waals surface area contributed by atoms with Crippen LogP contribution in [0.3, 0.4) is 0 Å². The molecular weight excluding hydrogens is 166 g/mol. The number of hydrogen-bond donors (Lipinski definition) is 2. The first-order valence-corrected chi connectivity index (χ1v) is 4.86. The van der Waals surface area contributed by atoms with Gasteiger partial charge >= 0.3 is 6.03 Å². The minimum atomic E-state index is -0.335. The largest absolute Gasteiger partial charge is 0.351 e. The lowest BCUT2D eigenvalue weighted by atomic mass is 9.92. The smallest absolute Gasteiger partial charge is 0.314 e. The molecule has 0 spiro atoms. The second kappa shape index (κ2) is 4.46. The fourth-order valence-electron chi connectivity index (χ4n) is 1.81. The van der Waals surface area contributed by atoms with E-state index in [0.717, 1.165) is 13.1 Å². The number of primary amides is 1. The van der Waals surface area contributed by atoms with E-state index in [1.807, 2.05) is 0 Å². The van der Waals surface area contributed by atoms with Crippen LogP contribution in [0.2, 0.25) is 0 Å². The molecule has 76 valence electrons. The van der Waals surface area contributed by atoms with Crippen molar-refractivity contribution < 1.29 is 4.79 Å². The number of rotatable bonds is 2. The average molecular weight is 185 g/mol. The van der Waals surface area contributed by atoms with Crippen molar-refractivity contribution >= 4 is 6.03 Å². The highest BCUT2D eigenvalue weighted by molar-refractivity contribution is 5.71. The topological polar surface area (TPSA) is 58.4 Å². The Morgan fingerprint density at radius 2 is 2.38 bits per heavy atom. The first-order chi connectivity index (χ1) is 6.13. The van der Waals surface area contributed by atoms with Gasteiger partial charge in [-0.05, 0) is 38.8 Å². The highest BCUT2D eigenvalue weighted by atomic mass is 16.2. The van der Waals surface area contributed by atoms with Crippen LogP contribution in [0, 0.1) is 5.92 Å². The van der Waals surface area contributed by atoms with Gasteiger partial charge in [-0.1, -0.05) is 0 Å². The van der Waals surface area contributed by atoms with E-state index in [2.05, 4.69) is 12.2 Å². The van der Waals surface area contributed by atoms with E-state index >= 15 is 0 Å². The molecule has 0 bridgehead atoms. The Bertz CT molecular complexity index is 178. The van der Waals surface area contributed by atoms with Crippen LogP contribution >= 0.6 is 0 Å². The summed E-state index contributed by atoms with van der Waals surface area (Å²) in [5.41, 5.74) is 5.21. The molecule has 0 aromatic rings. The van der Waals surface area contributed by atoms with Gasteiger partial charge in [0, 0.05) is 13.1 Å². The zero-order chi connectivity index (χ0) is 9.84. The molecule has 4 heteroatoms. The normalized spacial score (nSPS) is 25.2. The number of urea groups is 1. The second-order valence-corrected chi connectivity index (χ2v) is 3.80. The summed E-state index contributed by atoms with van der Waals surface area (Å²) < 4.78 is 0. The molecule has 3 N–H and O–H groups in total. The molecule has 2 unspecified atom stereocenters. The minimum Gasteiger partial charge on any atom is -0.351 e. The lowest BCUT2D eigenvalue weighted by molar-refractivity contribution is 0.169. The van der Waals surface area contributed by atoms with Crippen LogP contribution in [0.4, 0.5) is 4.79 Å². The number of piperidine rings is 1. The van der Waals surface area contributed by atoms with Gasteiger partial charge in [0.1, 0.15) is 0 Å². The van der Waals surface area contributed by atoms with Gasteiger partial charge in [0.05, 0.1) is 0 Å². The van der Waals surface area contributed by atoms with Crippen molar-refractivity contribution in [3.05, 3.63) is 0 Å². The fourth-order valence-corrected chi connectivity index (χ4v) is 1.81. The lowest BCUT2D eigenvalue weighted by Crippen LogP contribution is -2.47. The van der Waals surface area contributed by atoms with Gasteiger partial charge in [0.2, 0.25) is 0 Å². The van der Waals surface area contributed by atoms with E-state index in [1.165, 1.54) is 12.8 Å². The van der Waals surface area contributed by atoms with Gasteiger partial charge in [0.15, 0.2) is 0 Å². The number of carbonyl (C=O) groups is 1.